The van der Waals surface area contributed by atoms with E-state index in [1.807, 2.05) is 24.3 Å². The molecule has 1 amide bonds. The smallest absolute Gasteiger partial charge is 0.256 e. The maximum atomic E-state index is 12.6. The lowest BCUT2D eigenvalue weighted by Gasteiger charge is -2.26. The number of piperidine rings is 1. The number of amides is 1. The number of carbonyl (C=O) groups is 1. The number of hydrogen-bond donors (Lipinski definition) is 1. The Kier molecular flexibility index (Phi) is 6.10. The summed E-state index contributed by atoms with van der Waals surface area (Å²) in [5, 5.41) is 2.98. The van der Waals surface area contributed by atoms with E-state index in [2.05, 4.69) is 38.3 Å². The number of hydrogen-bond acceptors (Lipinski definition) is 3. The first-order valence-corrected chi connectivity index (χ1v) is 9.41. The maximum absolute atomic E-state index is 12.6. The zero-order valence-electron chi connectivity index (χ0n) is 14.4. The molecule has 2 aromatic rings. The monoisotopic (exact) mass is 402 g/mol. The van der Waals surface area contributed by atoms with Crippen molar-refractivity contribution < 1.29 is 9.53 Å². The first kappa shape index (κ1) is 18.0. The highest BCUT2D eigenvalue weighted by atomic mass is 79.9. The predicted molar refractivity (Wildman–Crippen MR) is 104 cm³/mol. The molecule has 0 aromatic heterocycles. The van der Waals surface area contributed by atoms with Gasteiger partial charge in [-0.15, -0.1) is 0 Å². The van der Waals surface area contributed by atoms with E-state index >= 15 is 0 Å². The third-order valence-electron chi connectivity index (χ3n) is 4.46. The van der Waals surface area contributed by atoms with Crippen LogP contribution >= 0.6 is 15.9 Å². The van der Waals surface area contributed by atoms with Crippen LogP contribution in [0.5, 0.6) is 5.75 Å². The molecule has 5 heteroatoms. The molecule has 0 aliphatic carbocycles. The van der Waals surface area contributed by atoms with Gasteiger partial charge in [-0.3, -0.25) is 9.69 Å². The Labute approximate surface area is 157 Å². The van der Waals surface area contributed by atoms with Crippen LogP contribution in [0, 0.1) is 0 Å². The third kappa shape index (κ3) is 4.83. The zero-order valence-corrected chi connectivity index (χ0v) is 16.0. The second-order valence-electron chi connectivity index (χ2n) is 6.34. The lowest BCUT2D eigenvalue weighted by molar-refractivity contribution is 0.102. The second kappa shape index (κ2) is 8.50. The number of likely N-dealkylation sites (tertiary alicyclic amines) is 1. The Morgan fingerprint density at radius 2 is 1.96 bits per heavy atom. The van der Waals surface area contributed by atoms with E-state index in [0.29, 0.717) is 11.3 Å². The lowest BCUT2D eigenvalue weighted by Crippen LogP contribution is -2.29. The highest BCUT2D eigenvalue weighted by molar-refractivity contribution is 9.10. The first-order valence-electron chi connectivity index (χ1n) is 8.62. The SMILES string of the molecule is COc1ccc(Br)c(C(=O)Nc2cccc(CN3CCCCC3)c2)c1. The number of methoxy groups -OCH3 is 1. The Hall–Kier alpha value is -1.85. The van der Waals surface area contributed by atoms with E-state index in [0.717, 1.165) is 29.8 Å². The maximum Gasteiger partial charge on any atom is 0.256 e. The number of ether oxygens (including phenoxy) is 1. The van der Waals surface area contributed by atoms with Gasteiger partial charge in [-0.2, -0.15) is 0 Å². The van der Waals surface area contributed by atoms with Crippen molar-refractivity contribution in [2.24, 2.45) is 0 Å². The quantitative estimate of drug-likeness (QED) is 0.787. The first-order chi connectivity index (χ1) is 12.2. The van der Waals surface area contributed by atoms with Gasteiger partial charge in [-0.1, -0.05) is 18.6 Å². The van der Waals surface area contributed by atoms with Crippen molar-refractivity contribution in [2.45, 2.75) is 25.8 Å². The van der Waals surface area contributed by atoms with Gasteiger partial charge in [0.15, 0.2) is 0 Å². The van der Waals surface area contributed by atoms with Gasteiger partial charge in [-0.25, -0.2) is 0 Å². The molecular formula is C20H23BrN2O2. The fourth-order valence-electron chi connectivity index (χ4n) is 3.13. The molecule has 1 aliphatic rings. The standard InChI is InChI=1S/C20H23BrN2O2/c1-25-17-8-9-19(21)18(13-17)20(24)22-16-7-5-6-15(12-16)14-23-10-3-2-4-11-23/h5-9,12-13H,2-4,10-11,14H2,1H3,(H,22,24). The van der Waals surface area contributed by atoms with Crippen LogP contribution in [0.25, 0.3) is 0 Å². The number of halogens is 1. The number of carbonyl (C=O) groups excluding carboxylic acids is 1. The van der Waals surface area contributed by atoms with Crippen LogP contribution in [0.3, 0.4) is 0 Å². The fraction of sp³-hybridized carbons (Fsp3) is 0.350. The van der Waals surface area contributed by atoms with Gasteiger partial charge in [0.25, 0.3) is 5.91 Å². The van der Waals surface area contributed by atoms with Gasteiger partial charge in [0.05, 0.1) is 12.7 Å². The molecule has 1 aliphatic heterocycles. The van der Waals surface area contributed by atoms with E-state index in [9.17, 15) is 4.79 Å². The molecule has 0 unspecified atom stereocenters. The van der Waals surface area contributed by atoms with Crippen molar-refractivity contribution in [2.75, 3.05) is 25.5 Å². The summed E-state index contributed by atoms with van der Waals surface area (Å²) in [7, 11) is 1.59. The molecule has 0 radical (unpaired) electrons. The van der Waals surface area contributed by atoms with Crippen LogP contribution in [0.15, 0.2) is 46.9 Å². The molecule has 1 saturated heterocycles. The summed E-state index contributed by atoms with van der Waals surface area (Å²) >= 11 is 3.43. The lowest BCUT2D eigenvalue weighted by atomic mass is 10.1. The third-order valence-corrected chi connectivity index (χ3v) is 5.15. The molecule has 0 spiro atoms. The van der Waals surface area contributed by atoms with Crippen LogP contribution in [0.1, 0.15) is 35.2 Å². The van der Waals surface area contributed by atoms with Crippen LogP contribution in [0.4, 0.5) is 5.69 Å². The van der Waals surface area contributed by atoms with Crippen molar-refractivity contribution in [1.29, 1.82) is 0 Å². The Morgan fingerprint density at radius 3 is 2.72 bits per heavy atom. The average molecular weight is 403 g/mol. The van der Waals surface area contributed by atoms with Gasteiger partial charge in [0, 0.05) is 16.7 Å². The Morgan fingerprint density at radius 1 is 1.16 bits per heavy atom. The molecule has 0 atom stereocenters. The van der Waals surface area contributed by atoms with Crippen molar-refractivity contribution in [3.8, 4) is 5.75 Å². The van der Waals surface area contributed by atoms with E-state index in [-0.39, 0.29) is 5.91 Å². The summed E-state index contributed by atoms with van der Waals surface area (Å²) < 4.78 is 5.95. The molecule has 1 N–H and O–H groups in total. The fourth-order valence-corrected chi connectivity index (χ4v) is 3.55. The van der Waals surface area contributed by atoms with Crippen LogP contribution in [0.2, 0.25) is 0 Å². The molecule has 1 fully saturated rings. The van der Waals surface area contributed by atoms with Crippen LogP contribution in [-0.4, -0.2) is 31.0 Å². The molecule has 1 heterocycles. The van der Waals surface area contributed by atoms with Gasteiger partial charge < -0.3 is 10.1 Å². The summed E-state index contributed by atoms with van der Waals surface area (Å²) in [6.07, 6.45) is 3.89. The molecule has 25 heavy (non-hydrogen) atoms. The normalized spacial score (nSPS) is 15.0. The number of benzene rings is 2. The summed E-state index contributed by atoms with van der Waals surface area (Å²) in [6, 6.07) is 13.5. The Bertz CT molecular complexity index is 742. The molecule has 0 bridgehead atoms. The molecule has 132 valence electrons. The minimum atomic E-state index is -0.152. The summed E-state index contributed by atoms with van der Waals surface area (Å²) in [4.78, 5) is 15.1. The minimum absolute atomic E-state index is 0.152. The highest BCUT2D eigenvalue weighted by Crippen LogP contribution is 2.24. The zero-order chi connectivity index (χ0) is 17.6. The van der Waals surface area contributed by atoms with E-state index in [1.165, 1.54) is 24.8 Å². The minimum Gasteiger partial charge on any atom is -0.497 e. The summed E-state index contributed by atoms with van der Waals surface area (Å²) in [5.74, 6) is 0.507. The van der Waals surface area contributed by atoms with Gasteiger partial charge in [0.1, 0.15) is 5.75 Å². The Balaban J connectivity index is 1.70. The number of nitrogens with zero attached hydrogens (tertiary/aromatic N) is 1. The molecular weight excluding hydrogens is 380 g/mol. The highest BCUT2D eigenvalue weighted by Gasteiger charge is 2.13. The molecule has 3 rings (SSSR count). The topological polar surface area (TPSA) is 41.6 Å². The van der Waals surface area contributed by atoms with E-state index in [4.69, 9.17) is 4.74 Å². The van der Waals surface area contributed by atoms with Crippen LogP contribution < -0.4 is 10.1 Å². The van der Waals surface area contributed by atoms with Gasteiger partial charge in [-0.05, 0) is 77.8 Å². The molecule has 4 nitrogen and oxygen atoms in total. The van der Waals surface area contributed by atoms with Gasteiger partial charge in [0.2, 0.25) is 0 Å². The van der Waals surface area contributed by atoms with Crippen molar-refractivity contribution in [1.82, 2.24) is 4.90 Å². The number of anilines is 1. The molecule has 0 saturated carbocycles. The van der Waals surface area contributed by atoms with E-state index in [1.54, 1.807) is 13.2 Å². The summed E-state index contributed by atoms with van der Waals surface area (Å²) in [6.45, 7) is 3.26. The van der Waals surface area contributed by atoms with Crippen molar-refractivity contribution in [3.05, 3.63) is 58.1 Å². The summed E-state index contributed by atoms with van der Waals surface area (Å²) in [5.41, 5.74) is 2.60. The van der Waals surface area contributed by atoms with Crippen LogP contribution in [-0.2, 0) is 6.54 Å². The van der Waals surface area contributed by atoms with Gasteiger partial charge >= 0.3 is 0 Å². The van der Waals surface area contributed by atoms with Crippen molar-refractivity contribution >= 4 is 27.5 Å². The second-order valence-corrected chi connectivity index (χ2v) is 7.19. The average Bonchev–Trinajstić information content (AvgIpc) is 2.63. The van der Waals surface area contributed by atoms with E-state index < -0.39 is 0 Å². The predicted octanol–water partition coefficient (Wildman–Crippen LogP) is 4.70. The largest absolute Gasteiger partial charge is 0.497 e. The van der Waals surface area contributed by atoms with Crippen molar-refractivity contribution in [3.63, 3.8) is 0 Å². The molecule has 2 aromatic carbocycles. The number of nitrogens with one attached hydrogen (secondary N) is 1. The number of rotatable bonds is 5.